The fourth-order valence-corrected chi connectivity index (χ4v) is 0. The van der Waals surface area contributed by atoms with E-state index in [-0.39, 0.29) is 0 Å². The Bertz CT molecular complexity index is 89.6. The van der Waals surface area contributed by atoms with Gasteiger partial charge in [-0.1, -0.05) is 20.8 Å². The molecule has 69 valence electrons. The average molecular weight is 190 g/mol. The van der Waals surface area contributed by atoms with Crippen molar-refractivity contribution in [2.24, 2.45) is 5.41 Å². The van der Waals surface area contributed by atoms with Crippen molar-refractivity contribution in [2.45, 2.75) is 20.8 Å². The Labute approximate surface area is 67.1 Å². The fraction of sp³-hybridized carbons (Fsp3) is 0.800. The van der Waals surface area contributed by atoms with Crippen LogP contribution in [0.1, 0.15) is 20.8 Å². The molecular formula is C5H12BF4P-. The molecule has 1 radical (unpaired) electrons. The Kier molecular flexibility index (Phi) is 6.22. The van der Waals surface area contributed by atoms with Crippen LogP contribution in [0.3, 0.4) is 0 Å². The second-order valence-corrected chi connectivity index (χ2v) is 3.36. The van der Waals surface area contributed by atoms with Gasteiger partial charge in [0.25, 0.3) is 0 Å². The summed E-state index contributed by atoms with van der Waals surface area (Å²) in [4.78, 5) is 0. The minimum atomic E-state index is -6.00. The summed E-state index contributed by atoms with van der Waals surface area (Å²) >= 11 is 0. The van der Waals surface area contributed by atoms with Gasteiger partial charge >= 0.3 is 7.25 Å². The topological polar surface area (TPSA) is 0 Å². The molecule has 0 nitrogen and oxygen atoms in total. The lowest BCUT2D eigenvalue weighted by Crippen LogP contribution is -2.02. The molecule has 0 aromatic rings. The first-order valence-electron chi connectivity index (χ1n) is 2.99. The number of halogens is 4. The van der Waals surface area contributed by atoms with Crippen molar-refractivity contribution in [1.82, 2.24) is 0 Å². The van der Waals surface area contributed by atoms with E-state index in [0.717, 1.165) is 0 Å². The fourth-order valence-electron chi connectivity index (χ4n) is 0. The van der Waals surface area contributed by atoms with Gasteiger partial charge in [0.1, 0.15) is 0 Å². The number of hydrogen-bond donors (Lipinski definition) is 0. The van der Waals surface area contributed by atoms with Crippen molar-refractivity contribution in [3.8, 4) is 0 Å². The summed E-state index contributed by atoms with van der Waals surface area (Å²) in [6, 6.07) is 0. The van der Waals surface area contributed by atoms with E-state index in [9.17, 15) is 17.3 Å². The first-order chi connectivity index (χ1) is 4.56. The third-order valence-electron chi connectivity index (χ3n) is 0.500. The second kappa shape index (κ2) is 4.97. The monoisotopic (exact) mass is 190 g/mol. The molecule has 0 spiro atoms. The van der Waals surface area contributed by atoms with E-state index in [1.807, 2.05) is 0 Å². The predicted molar refractivity (Wildman–Crippen MR) is 43.7 cm³/mol. The Morgan fingerprint density at radius 3 is 1.18 bits per heavy atom. The molecule has 0 bridgehead atoms. The Balaban J connectivity index is 0. The Hall–Kier alpha value is 0.215. The second-order valence-electron chi connectivity index (χ2n) is 3.03. The van der Waals surface area contributed by atoms with Crippen molar-refractivity contribution in [2.75, 3.05) is 0 Å². The summed E-state index contributed by atoms with van der Waals surface area (Å²) < 4.78 is 39.0. The van der Waals surface area contributed by atoms with Gasteiger partial charge in [-0.3, -0.25) is 0 Å². The average Bonchev–Trinajstić information content (AvgIpc) is 1.59. The smallest absolute Gasteiger partial charge is 0.418 e. The molecule has 0 saturated heterocycles. The van der Waals surface area contributed by atoms with Crippen LogP contribution in [0, 0.1) is 11.6 Å². The largest absolute Gasteiger partial charge is 0.673 e. The maximum absolute atomic E-state index is 9.75. The highest BCUT2D eigenvalue weighted by Crippen LogP contribution is 2.20. The van der Waals surface area contributed by atoms with Crippen molar-refractivity contribution in [3.05, 3.63) is 6.16 Å². The maximum Gasteiger partial charge on any atom is 0.673 e. The third kappa shape index (κ3) is 66.7. The highest BCUT2D eigenvalue weighted by atomic mass is 31.0. The first kappa shape index (κ1) is 13.8. The lowest BCUT2D eigenvalue weighted by Gasteiger charge is -2.11. The van der Waals surface area contributed by atoms with Gasteiger partial charge in [-0.2, -0.15) is 0 Å². The summed E-state index contributed by atoms with van der Waals surface area (Å²) in [5, 5.41) is 0. The van der Waals surface area contributed by atoms with E-state index < -0.39 is 7.25 Å². The molecule has 0 aliphatic heterocycles. The van der Waals surface area contributed by atoms with Gasteiger partial charge < -0.3 is 17.3 Å². The molecule has 0 fully saturated rings. The predicted octanol–water partition coefficient (Wildman–Crippen LogP) is 3.37. The zero-order valence-corrected chi connectivity index (χ0v) is 7.90. The van der Waals surface area contributed by atoms with Crippen LogP contribution < -0.4 is 0 Å². The van der Waals surface area contributed by atoms with E-state index >= 15 is 0 Å². The number of rotatable bonds is 0. The van der Waals surface area contributed by atoms with Crippen LogP contribution in [0.25, 0.3) is 0 Å². The molecule has 0 rings (SSSR count). The molecular weight excluding hydrogens is 178 g/mol. The van der Waals surface area contributed by atoms with Crippen LogP contribution in [-0.4, -0.2) is 7.25 Å². The molecule has 0 aliphatic carbocycles. The van der Waals surface area contributed by atoms with Gasteiger partial charge in [0, 0.05) is 0 Å². The zero-order valence-electron chi connectivity index (χ0n) is 6.74. The Morgan fingerprint density at radius 1 is 1.09 bits per heavy atom. The lowest BCUT2D eigenvalue weighted by molar-refractivity contribution is 0.368. The van der Waals surface area contributed by atoms with Gasteiger partial charge in [-0.05, 0) is 11.6 Å². The maximum atomic E-state index is 9.75. The third-order valence-corrected chi connectivity index (χ3v) is 1.50. The first-order valence-corrected chi connectivity index (χ1v) is 3.66. The van der Waals surface area contributed by atoms with E-state index in [1.54, 1.807) is 0 Å². The van der Waals surface area contributed by atoms with Crippen LogP contribution in [-0.2, 0) is 0 Å². The molecule has 0 saturated carbocycles. The van der Waals surface area contributed by atoms with E-state index in [4.69, 9.17) is 0 Å². The minimum absolute atomic E-state index is 0.380. The Morgan fingerprint density at radius 2 is 1.18 bits per heavy atom. The summed E-state index contributed by atoms with van der Waals surface area (Å²) in [6.45, 7) is 6.50. The van der Waals surface area contributed by atoms with Crippen LogP contribution in [0.15, 0.2) is 0 Å². The SMILES string of the molecule is CC(C)(C)[CH]P.F[B-](F)(F)F. The summed E-state index contributed by atoms with van der Waals surface area (Å²) in [7, 11) is -3.40. The molecule has 0 N–H and O–H groups in total. The van der Waals surface area contributed by atoms with Gasteiger partial charge in [-0.25, -0.2) is 0 Å². The molecule has 11 heavy (non-hydrogen) atoms. The highest BCUT2D eigenvalue weighted by Gasteiger charge is 2.20. The van der Waals surface area contributed by atoms with Crippen LogP contribution in [0.4, 0.5) is 17.3 Å². The van der Waals surface area contributed by atoms with Crippen molar-refractivity contribution in [1.29, 1.82) is 0 Å². The lowest BCUT2D eigenvalue weighted by atomic mass is 10.0. The molecule has 0 aromatic carbocycles. The summed E-state index contributed by atoms with van der Waals surface area (Å²) in [5.74, 6) is 0. The molecule has 1 unspecified atom stereocenters. The van der Waals surface area contributed by atoms with Crippen molar-refractivity contribution >= 4 is 16.5 Å². The van der Waals surface area contributed by atoms with Crippen LogP contribution in [0.2, 0.25) is 0 Å². The van der Waals surface area contributed by atoms with E-state index in [0.29, 0.717) is 5.41 Å². The quantitative estimate of drug-likeness (QED) is 0.312. The van der Waals surface area contributed by atoms with Gasteiger partial charge in [0.15, 0.2) is 0 Å². The minimum Gasteiger partial charge on any atom is -0.418 e. The van der Waals surface area contributed by atoms with Gasteiger partial charge in [0.05, 0.1) is 0 Å². The van der Waals surface area contributed by atoms with E-state index in [2.05, 4.69) is 36.2 Å². The number of hydrogen-bond acceptors (Lipinski definition) is 0. The zero-order chi connectivity index (χ0) is 9.71. The summed E-state index contributed by atoms with van der Waals surface area (Å²) in [5.41, 5.74) is 0.380. The van der Waals surface area contributed by atoms with Gasteiger partial charge in [-0.15, -0.1) is 9.24 Å². The molecule has 0 heterocycles. The normalized spacial score (nSPS) is 12.0. The van der Waals surface area contributed by atoms with Crippen molar-refractivity contribution in [3.63, 3.8) is 0 Å². The standard InChI is InChI=1S/C5H12P.BF4/c1-5(2,3)4-6;2-1(3,4)5/h4H,6H2,1-3H3;/q;-1. The molecule has 6 heteroatoms. The highest BCUT2D eigenvalue weighted by molar-refractivity contribution is 7.19. The van der Waals surface area contributed by atoms with Gasteiger partial charge in [0.2, 0.25) is 0 Å². The van der Waals surface area contributed by atoms with Crippen molar-refractivity contribution < 1.29 is 17.3 Å². The van der Waals surface area contributed by atoms with Crippen LogP contribution >= 0.6 is 9.24 Å². The molecule has 0 aliphatic rings. The molecule has 0 amide bonds. The van der Waals surface area contributed by atoms with E-state index in [1.165, 1.54) is 0 Å². The van der Waals surface area contributed by atoms with Crippen LogP contribution in [0.5, 0.6) is 0 Å². The molecule has 1 atom stereocenters. The summed E-state index contributed by atoms with van der Waals surface area (Å²) in [6.07, 6.45) is 2.10. The molecule has 0 aromatic heterocycles.